The number of ether oxygens (including phenoxy) is 2. The number of benzene rings is 1. The number of alkyl halides is 3. The molecule has 0 saturated carbocycles. The number of rotatable bonds is 5. The molecule has 0 fully saturated rings. The Kier molecular flexibility index (Phi) is 5.42. The van der Waals surface area contributed by atoms with E-state index in [9.17, 15) is 18.0 Å². The number of fused-ring (bicyclic) bond motifs is 1. The first-order chi connectivity index (χ1) is 14.4. The van der Waals surface area contributed by atoms with E-state index in [0.29, 0.717) is 16.4 Å². The molecule has 0 bridgehead atoms. The Labute approximate surface area is 174 Å². The van der Waals surface area contributed by atoms with Gasteiger partial charge in [-0.25, -0.2) is 4.68 Å². The molecule has 1 aliphatic heterocycles. The van der Waals surface area contributed by atoms with E-state index in [1.54, 1.807) is 30.7 Å². The van der Waals surface area contributed by atoms with Gasteiger partial charge in [0.25, 0.3) is 5.91 Å². The summed E-state index contributed by atoms with van der Waals surface area (Å²) >= 11 is 1.23. The van der Waals surface area contributed by atoms with Crippen molar-refractivity contribution in [1.29, 1.82) is 0 Å². The molecule has 6 nitrogen and oxygen atoms in total. The number of para-hydroxylation sites is 2. The zero-order valence-electron chi connectivity index (χ0n) is 15.9. The lowest BCUT2D eigenvalue weighted by atomic mass is 10.1. The summed E-state index contributed by atoms with van der Waals surface area (Å²) in [6.45, 7) is 0.206. The van der Waals surface area contributed by atoms with E-state index < -0.39 is 12.2 Å². The zero-order valence-corrected chi connectivity index (χ0v) is 16.7. The van der Waals surface area contributed by atoms with Crippen LogP contribution in [0.5, 0.6) is 11.5 Å². The van der Waals surface area contributed by atoms with E-state index in [1.165, 1.54) is 28.5 Å². The van der Waals surface area contributed by atoms with Gasteiger partial charge in [-0.15, -0.1) is 11.3 Å². The molecule has 10 heteroatoms. The number of nitrogens with zero attached hydrogens (tertiary/aromatic N) is 3. The number of hydrogen-bond donors (Lipinski definition) is 0. The highest BCUT2D eigenvalue weighted by Gasteiger charge is 2.46. The largest absolute Gasteiger partial charge is 0.493 e. The molecule has 0 saturated heterocycles. The molecule has 1 aliphatic rings. The highest BCUT2D eigenvalue weighted by molar-refractivity contribution is 7.12. The topological polar surface area (TPSA) is 56.6 Å². The predicted octanol–water partition coefficient (Wildman–Crippen LogP) is 4.69. The predicted molar refractivity (Wildman–Crippen MR) is 105 cm³/mol. The van der Waals surface area contributed by atoms with Gasteiger partial charge < -0.3 is 9.47 Å². The van der Waals surface area contributed by atoms with Gasteiger partial charge >= 0.3 is 6.18 Å². The molecule has 1 unspecified atom stereocenters. The van der Waals surface area contributed by atoms with Crippen LogP contribution in [0.25, 0.3) is 0 Å². The molecule has 1 aromatic carbocycles. The van der Waals surface area contributed by atoms with Gasteiger partial charge in [-0.3, -0.25) is 9.69 Å². The van der Waals surface area contributed by atoms with Crippen LogP contribution in [0.15, 0.2) is 48.0 Å². The van der Waals surface area contributed by atoms with Crippen LogP contribution in [0.2, 0.25) is 0 Å². The first-order valence-corrected chi connectivity index (χ1v) is 10.0. The molecule has 3 heterocycles. The zero-order chi connectivity index (χ0) is 21.3. The molecule has 158 valence electrons. The fourth-order valence-corrected chi connectivity index (χ4v) is 4.20. The van der Waals surface area contributed by atoms with Crippen molar-refractivity contribution in [3.63, 3.8) is 0 Å². The number of hydrogen-bond acceptors (Lipinski definition) is 5. The molecule has 0 N–H and O–H groups in total. The molecule has 0 radical (unpaired) electrons. The molecular formula is C20H18F3N3O3S. The molecule has 0 spiro atoms. The van der Waals surface area contributed by atoms with Crippen molar-refractivity contribution < 1.29 is 27.4 Å². The van der Waals surface area contributed by atoms with E-state index >= 15 is 0 Å². The van der Waals surface area contributed by atoms with Crippen molar-refractivity contribution >= 4 is 23.1 Å². The van der Waals surface area contributed by atoms with Crippen molar-refractivity contribution in [2.24, 2.45) is 0 Å². The highest BCUT2D eigenvalue weighted by Crippen LogP contribution is 2.39. The molecule has 1 atom stereocenters. The Morgan fingerprint density at radius 1 is 1.27 bits per heavy atom. The van der Waals surface area contributed by atoms with Gasteiger partial charge in [0.2, 0.25) is 0 Å². The Morgan fingerprint density at radius 2 is 2.03 bits per heavy atom. The average molecular weight is 437 g/mol. The molecule has 1 amide bonds. The number of carbonyl (C=O) groups is 1. The van der Waals surface area contributed by atoms with Crippen molar-refractivity contribution in [2.75, 3.05) is 18.6 Å². The van der Waals surface area contributed by atoms with E-state index in [2.05, 4.69) is 5.10 Å². The molecular weight excluding hydrogens is 419 g/mol. The van der Waals surface area contributed by atoms with Crippen LogP contribution in [0, 0.1) is 0 Å². The maximum Gasteiger partial charge on any atom is 0.410 e. The van der Waals surface area contributed by atoms with Gasteiger partial charge in [0, 0.05) is 18.2 Å². The maximum atomic E-state index is 13.2. The number of amides is 1. The summed E-state index contributed by atoms with van der Waals surface area (Å²) in [4.78, 5) is 14.7. The summed E-state index contributed by atoms with van der Waals surface area (Å²) in [7, 11) is 1.55. The number of carbonyl (C=O) groups excluding carboxylic acids is 1. The summed E-state index contributed by atoms with van der Waals surface area (Å²) in [5.41, 5.74) is 0.785. The van der Waals surface area contributed by atoms with Crippen molar-refractivity contribution in [3.8, 4) is 11.5 Å². The SMILES string of the molecule is COc1ccccc1OCc1csc(C(=O)N2CCC(C(F)(F)F)n3nccc32)c1. The third kappa shape index (κ3) is 3.87. The molecule has 30 heavy (non-hydrogen) atoms. The van der Waals surface area contributed by atoms with E-state index in [1.807, 2.05) is 12.1 Å². The summed E-state index contributed by atoms with van der Waals surface area (Å²) in [5, 5.41) is 5.58. The molecule has 2 aromatic heterocycles. The lowest BCUT2D eigenvalue weighted by molar-refractivity contribution is -0.172. The van der Waals surface area contributed by atoms with E-state index in [0.717, 1.165) is 10.2 Å². The Balaban J connectivity index is 1.48. The van der Waals surface area contributed by atoms with Crippen LogP contribution in [-0.4, -0.2) is 35.5 Å². The standard InChI is InChI=1S/C20H18F3N3O3S/c1-28-14-4-2-3-5-15(14)29-11-13-10-16(30-12-13)19(27)25-9-7-17(20(21,22)23)26-18(25)6-8-24-26/h2-6,8,10,12,17H,7,9,11H2,1H3. The number of anilines is 1. The van der Waals surface area contributed by atoms with Crippen LogP contribution >= 0.6 is 11.3 Å². The second kappa shape index (κ2) is 8.02. The Hall–Kier alpha value is -3.01. The third-order valence-electron chi connectivity index (χ3n) is 4.80. The van der Waals surface area contributed by atoms with E-state index in [-0.39, 0.29) is 31.3 Å². The van der Waals surface area contributed by atoms with Crippen LogP contribution < -0.4 is 14.4 Å². The quantitative estimate of drug-likeness (QED) is 0.581. The summed E-state index contributed by atoms with van der Waals surface area (Å²) in [6.07, 6.45) is -3.37. The van der Waals surface area contributed by atoms with Crippen LogP contribution in [0.3, 0.4) is 0 Å². The number of methoxy groups -OCH3 is 1. The van der Waals surface area contributed by atoms with Crippen LogP contribution in [0.4, 0.5) is 19.0 Å². The Morgan fingerprint density at radius 3 is 2.77 bits per heavy atom. The number of thiophene rings is 1. The Bertz CT molecular complexity index is 1050. The number of aromatic nitrogens is 2. The average Bonchev–Trinajstić information content (AvgIpc) is 3.40. The van der Waals surface area contributed by atoms with Crippen molar-refractivity contribution in [2.45, 2.75) is 25.2 Å². The fourth-order valence-electron chi connectivity index (χ4n) is 3.35. The lowest BCUT2D eigenvalue weighted by Crippen LogP contribution is -2.42. The molecule has 0 aliphatic carbocycles. The minimum Gasteiger partial charge on any atom is -0.493 e. The molecule has 4 rings (SSSR count). The highest BCUT2D eigenvalue weighted by atomic mass is 32.1. The van der Waals surface area contributed by atoms with Gasteiger partial charge in [0.15, 0.2) is 17.5 Å². The van der Waals surface area contributed by atoms with Gasteiger partial charge in [-0.1, -0.05) is 12.1 Å². The summed E-state index contributed by atoms with van der Waals surface area (Å²) in [6, 6.07) is 8.62. The summed E-state index contributed by atoms with van der Waals surface area (Å²) in [5.74, 6) is 0.974. The van der Waals surface area contributed by atoms with Gasteiger partial charge in [0.1, 0.15) is 12.4 Å². The fraction of sp³-hybridized carbons (Fsp3) is 0.300. The normalized spacial score (nSPS) is 16.3. The van der Waals surface area contributed by atoms with Crippen molar-refractivity contribution in [1.82, 2.24) is 9.78 Å². The molecule has 3 aromatic rings. The number of halogens is 3. The van der Waals surface area contributed by atoms with Gasteiger partial charge in [-0.05, 0) is 30.0 Å². The minimum atomic E-state index is -4.41. The van der Waals surface area contributed by atoms with Crippen molar-refractivity contribution in [3.05, 3.63) is 58.4 Å². The third-order valence-corrected chi connectivity index (χ3v) is 5.77. The van der Waals surface area contributed by atoms with E-state index in [4.69, 9.17) is 9.47 Å². The van der Waals surface area contributed by atoms with Gasteiger partial charge in [0.05, 0.1) is 18.2 Å². The van der Waals surface area contributed by atoms with Gasteiger partial charge in [-0.2, -0.15) is 18.3 Å². The first kappa shape index (κ1) is 20.3. The lowest BCUT2D eigenvalue weighted by Gasteiger charge is -2.33. The second-order valence-electron chi connectivity index (χ2n) is 6.70. The monoisotopic (exact) mass is 437 g/mol. The minimum absolute atomic E-state index is 0.0281. The van der Waals surface area contributed by atoms with Crippen LogP contribution in [0.1, 0.15) is 27.7 Å². The summed E-state index contributed by atoms with van der Waals surface area (Å²) < 4.78 is 51.6. The maximum absolute atomic E-state index is 13.2. The first-order valence-electron chi connectivity index (χ1n) is 9.14. The smallest absolute Gasteiger partial charge is 0.410 e. The second-order valence-corrected chi connectivity index (χ2v) is 7.61. The van der Waals surface area contributed by atoms with Crippen LogP contribution in [-0.2, 0) is 6.61 Å².